The number of likely N-dealkylation sites (tertiary alicyclic amines) is 1. The summed E-state index contributed by atoms with van der Waals surface area (Å²) in [4.78, 5) is 16.8. The molecule has 0 N–H and O–H groups in total. The number of carbonyl (C=O) groups excluding carboxylic acids is 1. The minimum absolute atomic E-state index is 0.139. The summed E-state index contributed by atoms with van der Waals surface area (Å²) >= 11 is 6.09. The molecule has 0 aliphatic carbocycles. The van der Waals surface area contributed by atoms with Crippen LogP contribution in [0.5, 0.6) is 0 Å². The van der Waals surface area contributed by atoms with Gasteiger partial charge in [-0.05, 0) is 49.2 Å². The number of halogens is 1. The van der Waals surface area contributed by atoms with Gasteiger partial charge in [0.05, 0.1) is 10.3 Å². The second-order valence-corrected chi connectivity index (χ2v) is 10.4. The molecule has 2 aliphatic rings. The summed E-state index contributed by atoms with van der Waals surface area (Å²) in [5, 5.41) is 5.02. The van der Waals surface area contributed by atoms with Gasteiger partial charge in [0.2, 0.25) is 10.0 Å². The van der Waals surface area contributed by atoms with Gasteiger partial charge in [0.15, 0.2) is 11.3 Å². The van der Waals surface area contributed by atoms with E-state index in [9.17, 15) is 13.2 Å². The summed E-state index contributed by atoms with van der Waals surface area (Å²) in [6, 6.07) is 12.1. The van der Waals surface area contributed by atoms with Gasteiger partial charge in [-0.15, -0.1) is 0 Å². The highest BCUT2D eigenvalue weighted by Gasteiger charge is 2.30. The third-order valence-corrected chi connectivity index (χ3v) is 8.22. The number of piperazine rings is 1. The van der Waals surface area contributed by atoms with Crippen molar-refractivity contribution >= 4 is 44.2 Å². The zero-order valence-electron chi connectivity index (χ0n) is 17.4. The first-order valence-corrected chi connectivity index (χ1v) is 12.4. The number of nitrogens with zero attached hydrogens (tertiary/aromatic N) is 4. The maximum atomic E-state index is 13.3. The maximum absolute atomic E-state index is 13.3. The Labute approximate surface area is 191 Å². The number of carbonyl (C=O) groups is 1. The van der Waals surface area contributed by atoms with Gasteiger partial charge in [-0.25, -0.2) is 8.42 Å². The van der Waals surface area contributed by atoms with Crippen LogP contribution in [0, 0.1) is 0 Å². The van der Waals surface area contributed by atoms with E-state index < -0.39 is 10.0 Å². The van der Waals surface area contributed by atoms with Crippen molar-refractivity contribution in [3.63, 3.8) is 0 Å². The molecule has 1 amide bonds. The van der Waals surface area contributed by atoms with Crippen LogP contribution in [0.3, 0.4) is 0 Å². The van der Waals surface area contributed by atoms with Gasteiger partial charge in [-0.1, -0.05) is 22.8 Å². The zero-order chi connectivity index (χ0) is 22.3. The normalized spacial score (nSPS) is 17.9. The van der Waals surface area contributed by atoms with E-state index in [1.807, 2.05) is 24.3 Å². The average Bonchev–Trinajstić information content (AvgIpc) is 3.49. The zero-order valence-corrected chi connectivity index (χ0v) is 19.0. The highest BCUT2D eigenvalue weighted by atomic mass is 35.5. The van der Waals surface area contributed by atoms with Crippen molar-refractivity contribution in [1.82, 2.24) is 14.4 Å². The summed E-state index contributed by atoms with van der Waals surface area (Å²) in [5.41, 5.74) is 1.55. The molecule has 168 valence electrons. The van der Waals surface area contributed by atoms with Crippen LogP contribution < -0.4 is 4.90 Å². The predicted octanol–water partition coefficient (Wildman–Crippen LogP) is 3.23. The number of sulfonamides is 1. The quantitative estimate of drug-likeness (QED) is 0.577. The van der Waals surface area contributed by atoms with Crippen molar-refractivity contribution in [2.24, 2.45) is 0 Å². The van der Waals surface area contributed by atoms with Crippen molar-refractivity contribution in [3.05, 3.63) is 53.2 Å². The molecule has 2 aromatic carbocycles. The Morgan fingerprint density at radius 3 is 2.44 bits per heavy atom. The molecule has 0 spiro atoms. The van der Waals surface area contributed by atoms with Crippen LogP contribution in [0.4, 0.5) is 5.69 Å². The molecule has 2 saturated heterocycles. The van der Waals surface area contributed by atoms with Crippen LogP contribution in [0.25, 0.3) is 11.0 Å². The third kappa shape index (κ3) is 3.85. The molecule has 3 heterocycles. The Morgan fingerprint density at radius 1 is 0.969 bits per heavy atom. The fourth-order valence-corrected chi connectivity index (χ4v) is 5.94. The molecule has 2 aliphatic heterocycles. The van der Waals surface area contributed by atoms with Gasteiger partial charge >= 0.3 is 0 Å². The lowest BCUT2D eigenvalue weighted by Crippen LogP contribution is -2.48. The number of hydrogen-bond acceptors (Lipinski definition) is 6. The molecular formula is C22H23ClN4O4S. The topological polar surface area (TPSA) is 87.0 Å². The second kappa shape index (κ2) is 8.38. The molecule has 0 unspecified atom stereocenters. The highest BCUT2D eigenvalue weighted by Crippen LogP contribution is 2.28. The van der Waals surface area contributed by atoms with E-state index in [4.69, 9.17) is 16.1 Å². The average molecular weight is 475 g/mol. The Hall–Kier alpha value is -2.62. The number of amides is 1. The number of benzene rings is 2. The molecule has 2 fully saturated rings. The van der Waals surface area contributed by atoms with Crippen molar-refractivity contribution in [3.8, 4) is 0 Å². The number of rotatable bonds is 4. The molecule has 5 rings (SSSR count). The van der Waals surface area contributed by atoms with E-state index in [-0.39, 0.29) is 16.5 Å². The minimum Gasteiger partial charge on any atom is -0.369 e. The van der Waals surface area contributed by atoms with Gasteiger partial charge in [0, 0.05) is 50.0 Å². The molecule has 0 radical (unpaired) electrons. The molecule has 0 saturated carbocycles. The Bertz CT molecular complexity index is 1260. The van der Waals surface area contributed by atoms with Crippen LogP contribution in [0.2, 0.25) is 5.02 Å². The monoisotopic (exact) mass is 474 g/mol. The molecule has 8 nitrogen and oxygen atoms in total. The van der Waals surface area contributed by atoms with Gasteiger partial charge < -0.3 is 14.3 Å². The van der Waals surface area contributed by atoms with Gasteiger partial charge in [0.1, 0.15) is 0 Å². The van der Waals surface area contributed by atoms with Crippen LogP contribution in [-0.4, -0.2) is 68.0 Å². The number of hydrogen-bond donors (Lipinski definition) is 0. The number of anilines is 1. The van der Waals surface area contributed by atoms with Gasteiger partial charge in [-0.2, -0.15) is 4.31 Å². The first-order valence-electron chi connectivity index (χ1n) is 10.6. The molecular weight excluding hydrogens is 452 g/mol. The van der Waals surface area contributed by atoms with Crippen LogP contribution in [0.15, 0.2) is 51.9 Å². The number of fused-ring (bicyclic) bond motifs is 1. The largest absolute Gasteiger partial charge is 0.369 e. The van der Waals surface area contributed by atoms with Crippen molar-refractivity contribution in [2.75, 3.05) is 44.2 Å². The molecule has 0 bridgehead atoms. The standard InChI is InChI=1S/C22H23ClN4O4S/c23-16-4-3-5-17(14-16)25-10-12-27(13-11-25)32(29,30)18-6-7-20-19(15-18)21(24-31-20)22(28)26-8-1-2-9-26/h3-7,14-15H,1-2,8-13H2. The SMILES string of the molecule is O=C(c1noc2ccc(S(=O)(=O)N3CCN(c4cccc(Cl)c4)CC3)cc12)N1CCCC1. The van der Waals surface area contributed by atoms with E-state index in [1.54, 1.807) is 11.0 Å². The van der Waals surface area contributed by atoms with E-state index in [2.05, 4.69) is 10.1 Å². The van der Waals surface area contributed by atoms with E-state index in [1.165, 1.54) is 16.4 Å². The summed E-state index contributed by atoms with van der Waals surface area (Å²) < 4.78 is 33.4. The first kappa shape index (κ1) is 21.2. The molecule has 3 aromatic rings. The molecule has 0 atom stereocenters. The van der Waals surface area contributed by atoms with Crippen molar-refractivity contribution < 1.29 is 17.7 Å². The van der Waals surface area contributed by atoms with Gasteiger partial charge in [0.25, 0.3) is 5.91 Å². The second-order valence-electron chi connectivity index (χ2n) is 8.06. The summed E-state index contributed by atoms with van der Waals surface area (Å²) in [5.74, 6) is -0.217. The Balaban J connectivity index is 1.37. The van der Waals surface area contributed by atoms with Crippen LogP contribution in [0.1, 0.15) is 23.3 Å². The van der Waals surface area contributed by atoms with Crippen LogP contribution in [-0.2, 0) is 10.0 Å². The smallest absolute Gasteiger partial charge is 0.276 e. The highest BCUT2D eigenvalue weighted by molar-refractivity contribution is 7.89. The van der Waals surface area contributed by atoms with Crippen molar-refractivity contribution in [2.45, 2.75) is 17.7 Å². The first-order chi connectivity index (χ1) is 15.4. The lowest BCUT2D eigenvalue weighted by atomic mass is 10.2. The Kier molecular flexibility index (Phi) is 5.56. The third-order valence-electron chi connectivity index (χ3n) is 6.09. The number of aromatic nitrogens is 1. The summed E-state index contributed by atoms with van der Waals surface area (Å²) in [6.07, 6.45) is 1.92. The predicted molar refractivity (Wildman–Crippen MR) is 122 cm³/mol. The lowest BCUT2D eigenvalue weighted by molar-refractivity contribution is 0.0784. The molecule has 10 heteroatoms. The lowest BCUT2D eigenvalue weighted by Gasteiger charge is -2.35. The summed E-state index contributed by atoms with van der Waals surface area (Å²) in [6.45, 7) is 3.21. The summed E-state index contributed by atoms with van der Waals surface area (Å²) in [7, 11) is -3.72. The fourth-order valence-electron chi connectivity index (χ4n) is 4.31. The maximum Gasteiger partial charge on any atom is 0.276 e. The van der Waals surface area contributed by atoms with E-state index >= 15 is 0 Å². The minimum atomic E-state index is -3.72. The molecule has 32 heavy (non-hydrogen) atoms. The van der Waals surface area contributed by atoms with Crippen molar-refractivity contribution in [1.29, 1.82) is 0 Å². The Morgan fingerprint density at radius 2 is 1.72 bits per heavy atom. The van der Waals surface area contributed by atoms with Gasteiger partial charge in [-0.3, -0.25) is 4.79 Å². The molecule has 1 aromatic heterocycles. The van der Waals surface area contributed by atoms with Crippen LogP contribution >= 0.6 is 11.6 Å². The van der Waals surface area contributed by atoms with E-state index in [0.29, 0.717) is 55.3 Å². The fraction of sp³-hybridized carbons (Fsp3) is 0.364. The van der Waals surface area contributed by atoms with E-state index in [0.717, 1.165) is 18.5 Å².